The highest BCUT2D eigenvalue weighted by Gasteiger charge is 2.24. The van der Waals surface area contributed by atoms with Crippen molar-refractivity contribution < 1.29 is 19.4 Å². The normalized spacial score (nSPS) is 18.7. The lowest BCUT2D eigenvalue weighted by molar-refractivity contribution is -0.138. The molecule has 1 fully saturated rings. The Morgan fingerprint density at radius 1 is 1.39 bits per heavy atom. The smallest absolute Gasteiger partial charge is 0.303 e. The van der Waals surface area contributed by atoms with E-state index in [9.17, 15) is 9.59 Å². The fourth-order valence-electron chi connectivity index (χ4n) is 2.24. The monoisotopic (exact) mass is 257 g/mol. The lowest BCUT2D eigenvalue weighted by Gasteiger charge is -2.31. The summed E-state index contributed by atoms with van der Waals surface area (Å²) in [6.45, 7) is 3.34. The third kappa shape index (κ3) is 5.04. The number of carboxylic acids is 1. The lowest BCUT2D eigenvalue weighted by Crippen LogP contribution is -2.39. The number of nitrogens with zero attached hydrogens (tertiary/aromatic N) is 1. The zero-order chi connectivity index (χ0) is 13.5. The highest BCUT2D eigenvalue weighted by atomic mass is 16.5. The Labute approximate surface area is 108 Å². The number of hydrogen-bond donors (Lipinski definition) is 1. The number of carbonyl (C=O) groups excluding carboxylic acids is 1. The second kappa shape index (κ2) is 7.36. The van der Waals surface area contributed by atoms with E-state index in [0.29, 0.717) is 19.5 Å². The first-order valence-electron chi connectivity index (χ1n) is 6.55. The molecule has 0 aromatic carbocycles. The number of likely N-dealkylation sites (tertiary alicyclic amines) is 1. The second-order valence-corrected chi connectivity index (χ2v) is 5.01. The van der Waals surface area contributed by atoms with Gasteiger partial charge in [0.15, 0.2) is 0 Å². The standard InChI is InChI=1S/C13H23NO4/c1-10(18-2)3-4-12(15)14-7-5-11(6-8-14)9-13(16)17/h10-11H,3-9H2,1-2H3,(H,16,17). The number of aliphatic carboxylic acids is 1. The van der Waals surface area contributed by atoms with Gasteiger partial charge in [-0.15, -0.1) is 0 Å². The van der Waals surface area contributed by atoms with Gasteiger partial charge in [-0.05, 0) is 32.1 Å². The minimum atomic E-state index is -0.742. The molecule has 1 atom stereocenters. The number of amides is 1. The van der Waals surface area contributed by atoms with Crippen LogP contribution in [0.1, 0.15) is 39.0 Å². The van der Waals surface area contributed by atoms with E-state index in [1.54, 1.807) is 7.11 Å². The van der Waals surface area contributed by atoms with E-state index >= 15 is 0 Å². The number of carboxylic acid groups (broad SMARTS) is 1. The molecule has 1 N–H and O–H groups in total. The second-order valence-electron chi connectivity index (χ2n) is 5.01. The van der Waals surface area contributed by atoms with Crippen LogP contribution in [0, 0.1) is 5.92 Å². The van der Waals surface area contributed by atoms with Gasteiger partial charge in [0.1, 0.15) is 0 Å². The molecule has 0 aromatic heterocycles. The number of rotatable bonds is 6. The van der Waals surface area contributed by atoms with Crippen molar-refractivity contribution in [3.05, 3.63) is 0 Å². The first kappa shape index (κ1) is 15.0. The molecule has 1 unspecified atom stereocenters. The Balaban J connectivity index is 2.25. The molecule has 18 heavy (non-hydrogen) atoms. The van der Waals surface area contributed by atoms with E-state index in [1.165, 1.54) is 0 Å². The Bertz CT molecular complexity index is 285. The summed E-state index contributed by atoms with van der Waals surface area (Å²) in [5.41, 5.74) is 0. The minimum Gasteiger partial charge on any atom is -0.481 e. The lowest BCUT2D eigenvalue weighted by atomic mass is 9.93. The van der Waals surface area contributed by atoms with Crippen molar-refractivity contribution in [1.82, 2.24) is 4.90 Å². The maximum Gasteiger partial charge on any atom is 0.303 e. The first-order valence-corrected chi connectivity index (χ1v) is 6.55. The van der Waals surface area contributed by atoms with Crippen molar-refractivity contribution in [2.45, 2.75) is 45.1 Å². The van der Waals surface area contributed by atoms with Crippen molar-refractivity contribution >= 4 is 11.9 Å². The van der Waals surface area contributed by atoms with Gasteiger partial charge in [0.05, 0.1) is 6.10 Å². The number of piperidine rings is 1. The van der Waals surface area contributed by atoms with Gasteiger partial charge in [-0.25, -0.2) is 0 Å². The van der Waals surface area contributed by atoms with E-state index in [2.05, 4.69) is 0 Å². The molecule has 1 aliphatic heterocycles. The maximum atomic E-state index is 11.9. The largest absolute Gasteiger partial charge is 0.481 e. The molecule has 0 saturated carbocycles. The van der Waals surface area contributed by atoms with Crippen LogP contribution in [0.15, 0.2) is 0 Å². The number of carbonyl (C=O) groups is 2. The fourth-order valence-corrected chi connectivity index (χ4v) is 2.24. The molecule has 5 nitrogen and oxygen atoms in total. The summed E-state index contributed by atoms with van der Waals surface area (Å²) in [5.74, 6) is -0.356. The van der Waals surface area contributed by atoms with Crippen molar-refractivity contribution in [3.8, 4) is 0 Å². The molecular formula is C13H23NO4. The van der Waals surface area contributed by atoms with Crippen LogP contribution in [0.2, 0.25) is 0 Å². The van der Waals surface area contributed by atoms with Gasteiger partial charge in [0.2, 0.25) is 5.91 Å². The molecule has 5 heteroatoms. The average Bonchev–Trinajstić information content (AvgIpc) is 2.35. The van der Waals surface area contributed by atoms with Crippen molar-refractivity contribution in [1.29, 1.82) is 0 Å². The van der Waals surface area contributed by atoms with Gasteiger partial charge in [-0.1, -0.05) is 0 Å². The van der Waals surface area contributed by atoms with Crippen molar-refractivity contribution in [2.24, 2.45) is 5.92 Å². The van der Waals surface area contributed by atoms with Gasteiger partial charge in [-0.3, -0.25) is 9.59 Å². The average molecular weight is 257 g/mol. The predicted octanol–water partition coefficient (Wildman–Crippen LogP) is 1.51. The van der Waals surface area contributed by atoms with Crippen LogP contribution >= 0.6 is 0 Å². The summed E-state index contributed by atoms with van der Waals surface area (Å²) in [6.07, 6.45) is 3.19. The highest BCUT2D eigenvalue weighted by Crippen LogP contribution is 2.21. The molecule has 1 aliphatic rings. The first-order chi connectivity index (χ1) is 8.52. The number of ether oxygens (including phenoxy) is 1. The van der Waals surface area contributed by atoms with Gasteiger partial charge in [0.25, 0.3) is 0 Å². The van der Waals surface area contributed by atoms with Crippen molar-refractivity contribution in [3.63, 3.8) is 0 Å². The SMILES string of the molecule is COC(C)CCC(=O)N1CCC(CC(=O)O)CC1. The van der Waals surface area contributed by atoms with Crippen LogP contribution < -0.4 is 0 Å². The van der Waals surface area contributed by atoms with Crippen LogP contribution in [-0.4, -0.2) is 48.2 Å². The van der Waals surface area contributed by atoms with Crippen LogP contribution in [0.4, 0.5) is 0 Å². The summed E-state index contributed by atoms with van der Waals surface area (Å²) < 4.78 is 5.11. The Morgan fingerprint density at radius 3 is 2.50 bits per heavy atom. The molecule has 0 spiro atoms. The Kier molecular flexibility index (Phi) is 6.12. The molecule has 1 amide bonds. The van der Waals surface area contributed by atoms with E-state index < -0.39 is 5.97 Å². The van der Waals surface area contributed by atoms with Gasteiger partial charge >= 0.3 is 5.97 Å². The zero-order valence-electron chi connectivity index (χ0n) is 11.2. The molecule has 0 bridgehead atoms. The summed E-state index contributed by atoms with van der Waals surface area (Å²) in [6, 6.07) is 0. The predicted molar refractivity (Wildman–Crippen MR) is 67.3 cm³/mol. The maximum absolute atomic E-state index is 11.9. The third-order valence-corrected chi connectivity index (χ3v) is 3.60. The van der Waals surface area contributed by atoms with E-state index in [1.807, 2.05) is 11.8 Å². The summed E-state index contributed by atoms with van der Waals surface area (Å²) in [5, 5.41) is 8.72. The molecule has 0 aromatic rings. The van der Waals surface area contributed by atoms with E-state index in [0.717, 1.165) is 19.3 Å². The molecule has 1 heterocycles. The Hall–Kier alpha value is -1.10. The molecule has 1 saturated heterocycles. The summed E-state index contributed by atoms with van der Waals surface area (Å²) in [4.78, 5) is 24.3. The summed E-state index contributed by atoms with van der Waals surface area (Å²) in [7, 11) is 1.65. The van der Waals surface area contributed by atoms with Crippen LogP contribution in [0.3, 0.4) is 0 Å². The molecule has 0 aliphatic carbocycles. The molecule has 1 rings (SSSR count). The third-order valence-electron chi connectivity index (χ3n) is 3.60. The van der Waals surface area contributed by atoms with Crippen molar-refractivity contribution in [2.75, 3.05) is 20.2 Å². The van der Waals surface area contributed by atoms with E-state index in [4.69, 9.17) is 9.84 Å². The van der Waals surface area contributed by atoms with Crippen LogP contribution in [-0.2, 0) is 14.3 Å². The highest BCUT2D eigenvalue weighted by molar-refractivity contribution is 5.76. The summed E-state index contributed by atoms with van der Waals surface area (Å²) >= 11 is 0. The zero-order valence-corrected chi connectivity index (χ0v) is 11.2. The number of hydrogen-bond acceptors (Lipinski definition) is 3. The van der Waals surface area contributed by atoms with Gasteiger partial charge in [-0.2, -0.15) is 0 Å². The molecular weight excluding hydrogens is 234 g/mol. The quantitative estimate of drug-likeness (QED) is 0.783. The molecule has 0 radical (unpaired) electrons. The fraction of sp³-hybridized carbons (Fsp3) is 0.846. The minimum absolute atomic E-state index is 0.110. The van der Waals surface area contributed by atoms with Gasteiger partial charge < -0.3 is 14.7 Å². The molecule has 104 valence electrons. The van der Waals surface area contributed by atoms with Crippen LogP contribution in [0.25, 0.3) is 0 Å². The van der Waals surface area contributed by atoms with E-state index in [-0.39, 0.29) is 24.3 Å². The number of methoxy groups -OCH3 is 1. The van der Waals surface area contributed by atoms with Gasteiger partial charge in [0, 0.05) is 33.0 Å². The van der Waals surface area contributed by atoms with Crippen LogP contribution in [0.5, 0.6) is 0 Å². The topological polar surface area (TPSA) is 66.8 Å². The Morgan fingerprint density at radius 2 is 2.00 bits per heavy atom.